The van der Waals surface area contributed by atoms with Crippen LogP contribution in [0.15, 0.2) is 36.4 Å². The normalized spacial score (nSPS) is 14.0. The molecule has 1 aromatic rings. The molecule has 22 heavy (non-hydrogen) atoms. The maximum absolute atomic E-state index is 11.7. The molecule has 0 aliphatic heterocycles. The van der Waals surface area contributed by atoms with E-state index < -0.39 is 5.97 Å². The number of unbranched alkanes of at least 4 members (excludes halogenated alkanes) is 2. The van der Waals surface area contributed by atoms with Crippen LogP contribution in [-0.2, 0) is 14.6 Å². The molecule has 2 unspecified atom stereocenters. The van der Waals surface area contributed by atoms with Crippen LogP contribution >= 0.6 is 0 Å². The van der Waals surface area contributed by atoms with Crippen molar-refractivity contribution < 1.29 is 14.6 Å². The first kappa shape index (κ1) is 18.4. The Balaban J connectivity index is 2.34. The van der Waals surface area contributed by atoms with E-state index in [4.69, 9.17) is 9.78 Å². The van der Waals surface area contributed by atoms with Gasteiger partial charge in [-0.2, -0.15) is 4.89 Å². The monoisotopic (exact) mass is 304 g/mol. The van der Waals surface area contributed by atoms with Crippen LogP contribution in [0.4, 0.5) is 0 Å². The zero-order valence-corrected chi connectivity index (χ0v) is 14.0. The maximum atomic E-state index is 11.7. The second-order valence-electron chi connectivity index (χ2n) is 5.61. The maximum Gasteiger partial charge on any atom is 0.365 e. The second-order valence-corrected chi connectivity index (χ2v) is 5.61. The van der Waals surface area contributed by atoms with E-state index in [2.05, 4.69) is 13.8 Å². The SMILES string of the molecule is CCCCCC(CC)C(C)OOC(=O)C=Cc1ccccc1. The lowest BCUT2D eigenvalue weighted by Gasteiger charge is -2.20. The van der Waals surface area contributed by atoms with Gasteiger partial charge in [0.15, 0.2) is 0 Å². The summed E-state index contributed by atoms with van der Waals surface area (Å²) < 4.78 is 0. The van der Waals surface area contributed by atoms with Crippen LogP contribution in [0.5, 0.6) is 0 Å². The Bertz CT molecular complexity index is 439. The minimum Gasteiger partial charge on any atom is -0.293 e. The van der Waals surface area contributed by atoms with Gasteiger partial charge in [0, 0.05) is 6.08 Å². The quantitative estimate of drug-likeness (QED) is 0.259. The first-order valence-electron chi connectivity index (χ1n) is 8.27. The Morgan fingerprint density at radius 3 is 2.55 bits per heavy atom. The molecule has 0 aliphatic rings. The Morgan fingerprint density at radius 2 is 1.91 bits per heavy atom. The van der Waals surface area contributed by atoms with Crippen molar-refractivity contribution in [3.05, 3.63) is 42.0 Å². The fourth-order valence-electron chi connectivity index (χ4n) is 2.39. The van der Waals surface area contributed by atoms with Gasteiger partial charge in [0.05, 0.1) is 0 Å². The smallest absolute Gasteiger partial charge is 0.293 e. The number of rotatable bonds is 10. The van der Waals surface area contributed by atoms with E-state index >= 15 is 0 Å². The zero-order chi connectivity index (χ0) is 16.2. The molecule has 0 aromatic heterocycles. The molecule has 1 aromatic carbocycles. The standard InChI is InChI=1S/C19H28O3/c1-4-6-8-13-18(5-2)16(3)21-22-19(20)15-14-17-11-9-7-10-12-17/h7,9-12,14-16,18H,4-6,8,13H2,1-3H3. The third-order valence-electron chi connectivity index (χ3n) is 3.86. The highest BCUT2D eigenvalue weighted by Crippen LogP contribution is 2.20. The molecule has 0 radical (unpaired) electrons. The van der Waals surface area contributed by atoms with Gasteiger partial charge in [-0.15, -0.1) is 0 Å². The van der Waals surface area contributed by atoms with Crippen LogP contribution in [-0.4, -0.2) is 12.1 Å². The Hall–Kier alpha value is -1.61. The van der Waals surface area contributed by atoms with Gasteiger partial charge in [0.2, 0.25) is 0 Å². The summed E-state index contributed by atoms with van der Waals surface area (Å²) >= 11 is 0. The summed E-state index contributed by atoms with van der Waals surface area (Å²) in [4.78, 5) is 21.8. The minimum absolute atomic E-state index is 0.0732. The summed E-state index contributed by atoms with van der Waals surface area (Å²) in [5, 5.41) is 0. The number of carbonyl (C=O) groups is 1. The molecule has 0 bridgehead atoms. The van der Waals surface area contributed by atoms with Gasteiger partial charge in [-0.05, 0) is 30.9 Å². The summed E-state index contributed by atoms with van der Waals surface area (Å²) in [7, 11) is 0. The van der Waals surface area contributed by atoms with Gasteiger partial charge in [0.1, 0.15) is 6.10 Å². The molecule has 122 valence electrons. The molecule has 0 N–H and O–H groups in total. The molecule has 0 fully saturated rings. The van der Waals surface area contributed by atoms with Crippen molar-refractivity contribution in [1.29, 1.82) is 0 Å². The molecule has 1 rings (SSSR count). The minimum atomic E-state index is -0.473. The van der Waals surface area contributed by atoms with Gasteiger partial charge < -0.3 is 0 Å². The topological polar surface area (TPSA) is 35.5 Å². The van der Waals surface area contributed by atoms with Crippen LogP contribution < -0.4 is 0 Å². The Labute approximate surface area is 134 Å². The van der Waals surface area contributed by atoms with Crippen molar-refractivity contribution in [2.45, 2.75) is 59.0 Å². The van der Waals surface area contributed by atoms with Crippen LogP contribution in [0, 0.1) is 5.92 Å². The van der Waals surface area contributed by atoms with Gasteiger partial charge >= 0.3 is 5.97 Å². The van der Waals surface area contributed by atoms with Gasteiger partial charge in [-0.3, -0.25) is 4.89 Å². The van der Waals surface area contributed by atoms with E-state index in [1.54, 1.807) is 6.08 Å². The molecule has 0 aliphatic carbocycles. The largest absolute Gasteiger partial charge is 0.365 e. The molecular weight excluding hydrogens is 276 g/mol. The summed E-state index contributed by atoms with van der Waals surface area (Å²) in [5.74, 6) is -0.0448. The van der Waals surface area contributed by atoms with Gasteiger partial charge in [0.25, 0.3) is 0 Å². The predicted octanol–water partition coefficient (Wildman–Crippen LogP) is 5.17. The van der Waals surface area contributed by atoms with Gasteiger partial charge in [-0.25, -0.2) is 4.79 Å². The van der Waals surface area contributed by atoms with Crippen LogP contribution in [0.25, 0.3) is 6.08 Å². The number of carbonyl (C=O) groups excluding carboxylic acids is 1. The van der Waals surface area contributed by atoms with E-state index in [1.807, 2.05) is 37.3 Å². The number of benzene rings is 1. The fraction of sp³-hybridized carbons (Fsp3) is 0.526. The van der Waals surface area contributed by atoms with Crippen molar-refractivity contribution in [2.24, 2.45) is 5.92 Å². The summed E-state index contributed by atoms with van der Waals surface area (Å²) in [6, 6.07) is 9.63. The lowest BCUT2D eigenvalue weighted by atomic mass is 9.94. The molecule has 3 nitrogen and oxygen atoms in total. The molecule has 0 amide bonds. The van der Waals surface area contributed by atoms with Crippen molar-refractivity contribution in [3.63, 3.8) is 0 Å². The highest BCUT2D eigenvalue weighted by Gasteiger charge is 2.18. The fourth-order valence-corrected chi connectivity index (χ4v) is 2.39. The van der Waals surface area contributed by atoms with Crippen molar-refractivity contribution in [1.82, 2.24) is 0 Å². The van der Waals surface area contributed by atoms with E-state index in [0.717, 1.165) is 18.4 Å². The summed E-state index contributed by atoms with van der Waals surface area (Å²) in [6.45, 7) is 6.31. The molecule has 0 heterocycles. The average molecular weight is 304 g/mol. The van der Waals surface area contributed by atoms with E-state index in [1.165, 1.54) is 25.3 Å². The van der Waals surface area contributed by atoms with E-state index in [0.29, 0.717) is 5.92 Å². The van der Waals surface area contributed by atoms with Crippen LogP contribution in [0.3, 0.4) is 0 Å². The first-order chi connectivity index (χ1) is 10.7. The molecule has 0 saturated carbocycles. The van der Waals surface area contributed by atoms with Crippen LogP contribution in [0.2, 0.25) is 0 Å². The van der Waals surface area contributed by atoms with Crippen molar-refractivity contribution in [3.8, 4) is 0 Å². The lowest BCUT2D eigenvalue weighted by molar-refractivity contribution is -0.299. The average Bonchev–Trinajstić information content (AvgIpc) is 2.55. The highest BCUT2D eigenvalue weighted by molar-refractivity contribution is 5.86. The second kappa shape index (κ2) is 11.0. The Kier molecular flexibility index (Phi) is 9.24. The lowest BCUT2D eigenvalue weighted by Crippen LogP contribution is -2.22. The third-order valence-corrected chi connectivity index (χ3v) is 3.86. The first-order valence-corrected chi connectivity index (χ1v) is 8.27. The van der Waals surface area contributed by atoms with Crippen molar-refractivity contribution >= 4 is 12.0 Å². The molecule has 0 spiro atoms. The summed E-state index contributed by atoms with van der Waals surface area (Å²) in [6.07, 6.45) is 8.83. The zero-order valence-electron chi connectivity index (χ0n) is 14.0. The van der Waals surface area contributed by atoms with E-state index in [-0.39, 0.29) is 6.10 Å². The van der Waals surface area contributed by atoms with Gasteiger partial charge in [-0.1, -0.05) is 69.9 Å². The molecular formula is C19H28O3. The van der Waals surface area contributed by atoms with Crippen LogP contribution in [0.1, 0.15) is 58.4 Å². The summed E-state index contributed by atoms with van der Waals surface area (Å²) in [5.41, 5.74) is 0.957. The number of hydrogen-bond donors (Lipinski definition) is 0. The number of hydrogen-bond acceptors (Lipinski definition) is 3. The third kappa shape index (κ3) is 7.41. The molecule has 3 heteroatoms. The predicted molar refractivity (Wildman–Crippen MR) is 90.0 cm³/mol. The highest BCUT2D eigenvalue weighted by atomic mass is 17.2. The van der Waals surface area contributed by atoms with E-state index in [9.17, 15) is 4.79 Å². The Morgan fingerprint density at radius 1 is 1.18 bits per heavy atom. The molecule has 2 atom stereocenters. The van der Waals surface area contributed by atoms with Crippen molar-refractivity contribution in [2.75, 3.05) is 0 Å². The molecule has 0 saturated heterocycles.